The quantitative estimate of drug-likeness (QED) is 0.340. The molecule has 0 bridgehead atoms. The molecule has 3 aromatic carbocycles. The summed E-state index contributed by atoms with van der Waals surface area (Å²) in [5.74, 6) is 0.750. The van der Waals surface area contributed by atoms with E-state index in [0.29, 0.717) is 27.9 Å². The SMILES string of the molecule is COc1ccc(C2=NC(c3ccc(Cl)cc3)C(c3ccc(O)cc3)N2C(=O)N2CCN(C(=O)C(C)(C)C)C(=O)C2)c(OC(C)C)c1. The number of nitrogens with zero attached hydrogens (tertiary/aromatic N) is 4. The predicted molar refractivity (Wildman–Crippen MR) is 175 cm³/mol. The third kappa shape index (κ3) is 6.67. The number of aliphatic imine (C=N–C) groups is 1. The molecule has 1 fully saturated rings. The topological polar surface area (TPSA) is 112 Å². The van der Waals surface area contributed by atoms with E-state index in [1.165, 1.54) is 9.80 Å². The van der Waals surface area contributed by atoms with Gasteiger partial charge in [-0.3, -0.25) is 24.4 Å². The molecule has 0 aromatic heterocycles. The number of methoxy groups -OCH3 is 1. The number of piperazine rings is 1. The van der Waals surface area contributed by atoms with Gasteiger partial charge in [0.1, 0.15) is 35.7 Å². The number of aromatic hydroxyl groups is 1. The lowest BCUT2D eigenvalue weighted by atomic mass is 9.93. The molecule has 2 heterocycles. The third-order valence-electron chi connectivity index (χ3n) is 7.89. The number of amides is 4. The first-order valence-electron chi connectivity index (χ1n) is 15.2. The zero-order valence-electron chi connectivity index (χ0n) is 26.9. The predicted octanol–water partition coefficient (Wildman–Crippen LogP) is 6.22. The van der Waals surface area contributed by atoms with Gasteiger partial charge in [0, 0.05) is 29.6 Å². The van der Waals surface area contributed by atoms with Gasteiger partial charge in [0.25, 0.3) is 0 Å². The summed E-state index contributed by atoms with van der Waals surface area (Å²) in [4.78, 5) is 50.5. The Morgan fingerprint density at radius 2 is 1.63 bits per heavy atom. The van der Waals surface area contributed by atoms with E-state index in [4.69, 9.17) is 26.1 Å². The van der Waals surface area contributed by atoms with E-state index in [-0.39, 0.29) is 37.4 Å². The number of ether oxygens (including phenoxy) is 2. The molecule has 1 saturated heterocycles. The van der Waals surface area contributed by atoms with Crippen molar-refractivity contribution in [3.8, 4) is 17.2 Å². The van der Waals surface area contributed by atoms with Crippen molar-refractivity contribution in [3.05, 3.63) is 88.4 Å². The van der Waals surface area contributed by atoms with Gasteiger partial charge in [0.15, 0.2) is 0 Å². The van der Waals surface area contributed by atoms with Gasteiger partial charge in [-0.2, -0.15) is 0 Å². The molecule has 2 aliphatic rings. The molecule has 10 nitrogen and oxygen atoms in total. The molecule has 0 spiro atoms. The van der Waals surface area contributed by atoms with Crippen molar-refractivity contribution in [1.29, 1.82) is 0 Å². The number of amidine groups is 1. The van der Waals surface area contributed by atoms with E-state index >= 15 is 0 Å². The molecule has 5 rings (SSSR count). The Labute approximate surface area is 274 Å². The zero-order valence-corrected chi connectivity index (χ0v) is 27.6. The van der Waals surface area contributed by atoms with Crippen molar-refractivity contribution < 1.29 is 29.0 Å². The second-order valence-electron chi connectivity index (χ2n) is 12.7. The fourth-order valence-corrected chi connectivity index (χ4v) is 5.77. The van der Waals surface area contributed by atoms with E-state index in [1.807, 2.05) is 26.0 Å². The van der Waals surface area contributed by atoms with Crippen LogP contribution < -0.4 is 9.47 Å². The molecule has 46 heavy (non-hydrogen) atoms. The van der Waals surface area contributed by atoms with Gasteiger partial charge < -0.3 is 19.5 Å². The van der Waals surface area contributed by atoms with Gasteiger partial charge in [-0.15, -0.1) is 0 Å². The van der Waals surface area contributed by atoms with E-state index in [9.17, 15) is 19.5 Å². The summed E-state index contributed by atoms with van der Waals surface area (Å²) in [5, 5.41) is 10.7. The molecule has 2 atom stereocenters. The Hall–Kier alpha value is -4.57. The van der Waals surface area contributed by atoms with Crippen molar-refractivity contribution in [3.63, 3.8) is 0 Å². The molecule has 2 unspecified atom stereocenters. The molecule has 0 saturated carbocycles. The largest absolute Gasteiger partial charge is 0.508 e. The van der Waals surface area contributed by atoms with Gasteiger partial charge in [-0.25, -0.2) is 4.79 Å². The van der Waals surface area contributed by atoms with Crippen LogP contribution in [-0.4, -0.2) is 76.3 Å². The first kappa shape index (κ1) is 32.8. The average molecular weight is 647 g/mol. The molecule has 2 aliphatic heterocycles. The molecular formula is C35H39ClN4O6. The van der Waals surface area contributed by atoms with Crippen molar-refractivity contribution in [2.24, 2.45) is 10.4 Å². The monoisotopic (exact) mass is 646 g/mol. The molecular weight excluding hydrogens is 608 g/mol. The van der Waals surface area contributed by atoms with Crippen LogP contribution in [0.15, 0.2) is 71.7 Å². The van der Waals surface area contributed by atoms with Gasteiger partial charge in [0.05, 0.1) is 24.8 Å². The van der Waals surface area contributed by atoms with Crippen molar-refractivity contribution >= 4 is 35.3 Å². The Bertz CT molecular complexity index is 1650. The lowest BCUT2D eigenvalue weighted by molar-refractivity contribution is -0.153. The van der Waals surface area contributed by atoms with Crippen LogP contribution in [0, 0.1) is 5.41 Å². The van der Waals surface area contributed by atoms with Crippen LogP contribution >= 0.6 is 11.6 Å². The Morgan fingerprint density at radius 1 is 0.978 bits per heavy atom. The van der Waals surface area contributed by atoms with Crippen LogP contribution in [0.1, 0.15) is 63.4 Å². The van der Waals surface area contributed by atoms with Gasteiger partial charge in [0.2, 0.25) is 11.8 Å². The molecule has 242 valence electrons. The number of rotatable bonds is 6. The highest BCUT2D eigenvalue weighted by molar-refractivity contribution is 6.30. The number of urea groups is 1. The Balaban J connectivity index is 1.64. The minimum absolute atomic E-state index is 0.0791. The number of phenolic OH excluding ortho intramolecular Hbond substituents is 1. The Kier molecular flexibility index (Phi) is 9.30. The number of halogens is 1. The summed E-state index contributed by atoms with van der Waals surface area (Å²) in [6.45, 7) is 9.06. The van der Waals surface area contributed by atoms with Crippen molar-refractivity contribution in [2.75, 3.05) is 26.7 Å². The average Bonchev–Trinajstić information content (AvgIpc) is 3.40. The number of carbonyl (C=O) groups is 3. The van der Waals surface area contributed by atoms with Crippen LogP contribution in [-0.2, 0) is 9.59 Å². The summed E-state index contributed by atoms with van der Waals surface area (Å²) in [5.41, 5.74) is 1.36. The maximum absolute atomic E-state index is 14.7. The number of hydrogen-bond acceptors (Lipinski definition) is 7. The van der Waals surface area contributed by atoms with E-state index < -0.39 is 29.4 Å². The lowest BCUT2D eigenvalue weighted by Crippen LogP contribution is -2.59. The minimum Gasteiger partial charge on any atom is -0.508 e. The number of benzene rings is 3. The Morgan fingerprint density at radius 3 is 2.22 bits per heavy atom. The van der Waals surface area contributed by atoms with E-state index in [1.54, 1.807) is 87.4 Å². The number of hydrogen-bond donors (Lipinski definition) is 1. The summed E-state index contributed by atoms with van der Waals surface area (Å²) < 4.78 is 11.7. The molecule has 11 heteroatoms. The molecule has 3 aromatic rings. The maximum Gasteiger partial charge on any atom is 0.326 e. The highest BCUT2D eigenvalue weighted by Crippen LogP contribution is 2.46. The van der Waals surface area contributed by atoms with E-state index in [0.717, 1.165) is 11.1 Å². The highest BCUT2D eigenvalue weighted by atomic mass is 35.5. The standard InChI is InChI=1S/C35H39ClN4O6/c1-21(2)46-28-19-26(45-6)15-16-27(28)32-37-30(22-7-11-24(36)12-8-22)31(23-9-13-25(41)14-10-23)40(32)34(44)38-17-18-39(29(42)20-38)33(43)35(3,4)5/h7-16,19,21,30-31,41H,17-18,20H2,1-6H3. The molecule has 4 amide bonds. The second-order valence-corrected chi connectivity index (χ2v) is 13.1. The smallest absolute Gasteiger partial charge is 0.326 e. The van der Waals surface area contributed by atoms with Crippen LogP contribution in [0.2, 0.25) is 5.02 Å². The maximum atomic E-state index is 14.7. The first-order chi connectivity index (χ1) is 21.8. The molecule has 1 N–H and O–H groups in total. The van der Waals surface area contributed by atoms with Crippen LogP contribution in [0.5, 0.6) is 17.2 Å². The fourth-order valence-electron chi connectivity index (χ4n) is 5.64. The number of carbonyl (C=O) groups excluding carboxylic acids is 3. The highest BCUT2D eigenvalue weighted by Gasteiger charge is 2.46. The summed E-state index contributed by atoms with van der Waals surface area (Å²) in [7, 11) is 1.57. The lowest BCUT2D eigenvalue weighted by Gasteiger charge is -2.39. The fraction of sp³-hybridized carbons (Fsp3) is 0.371. The minimum atomic E-state index is -0.742. The third-order valence-corrected chi connectivity index (χ3v) is 8.14. The first-order valence-corrected chi connectivity index (χ1v) is 15.6. The normalized spacial score (nSPS) is 18.6. The van der Waals surface area contributed by atoms with E-state index in [2.05, 4.69) is 0 Å². The van der Waals surface area contributed by atoms with Gasteiger partial charge in [-0.05, 0) is 61.4 Å². The van der Waals surface area contributed by atoms with Crippen LogP contribution in [0.25, 0.3) is 0 Å². The van der Waals surface area contributed by atoms with Gasteiger partial charge in [-0.1, -0.05) is 56.6 Å². The summed E-state index contributed by atoms with van der Waals surface area (Å²) >= 11 is 6.24. The second kappa shape index (κ2) is 13.0. The molecule has 0 radical (unpaired) electrons. The van der Waals surface area contributed by atoms with Crippen molar-refractivity contribution in [2.45, 2.75) is 52.8 Å². The summed E-state index contributed by atoms with van der Waals surface area (Å²) in [6.07, 6.45) is -0.192. The van der Waals surface area contributed by atoms with Crippen LogP contribution in [0.3, 0.4) is 0 Å². The summed E-state index contributed by atoms with van der Waals surface area (Å²) in [6, 6.07) is 17.6. The zero-order chi connectivity index (χ0) is 33.3. The number of phenols is 1. The number of imide groups is 1. The molecule has 0 aliphatic carbocycles. The van der Waals surface area contributed by atoms with Crippen molar-refractivity contribution in [1.82, 2.24) is 14.7 Å². The van der Waals surface area contributed by atoms with Crippen LogP contribution in [0.4, 0.5) is 4.79 Å². The van der Waals surface area contributed by atoms with Gasteiger partial charge >= 0.3 is 6.03 Å².